The van der Waals surface area contributed by atoms with E-state index in [4.69, 9.17) is 0 Å². The van der Waals surface area contributed by atoms with Crippen LogP contribution in [0.25, 0.3) is 29.0 Å². The van der Waals surface area contributed by atoms with E-state index in [1.807, 2.05) is 72.8 Å². The highest BCUT2D eigenvalue weighted by molar-refractivity contribution is 5.74. The summed E-state index contributed by atoms with van der Waals surface area (Å²) < 4.78 is 1.64. The fourth-order valence-electron chi connectivity index (χ4n) is 3.55. The maximum Gasteiger partial charge on any atom is 0.278 e. The van der Waals surface area contributed by atoms with Crippen LogP contribution in [0.1, 0.15) is 22.4 Å². The lowest BCUT2D eigenvalue weighted by Gasteiger charge is -2.12. The van der Waals surface area contributed by atoms with Gasteiger partial charge in [0, 0.05) is 37.4 Å². The average Bonchev–Trinajstić information content (AvgIpc) is 2.85. The Kier molecular flexibility index (Phi) is 5.32. The molecule has 0 aliphatic heterocycles. The second kappa shape index (κ2) is 8.73. The molecule has 0 fully saturated rings. The quantitative estimate of drug-likeness (QED) is 0.426. The highest BCUT2D eigenvalue weighted by Crippen LogP contribution is 2.17. The minimum absolute atomic E-state index is 0.185. The molecule has 4 aromatic heterocycles. The van der Waals surface area contributed by atoms with Crippen LogP contribution in [-0.4, -0.2) is 24.5 Å². The summed E-state index contributed by atoms with van der Waals surface area (Å²) in [5, 5.41) is 0. The Labute approximate surface area is 184 Å². The lowest BCUT2D eigenvalue weighted by Crippen LogP contribution is -2.25. The van der Waals surface area contributed by atoms with E-state index in [-0.39, 0.29) is 5.56 Å². The van der Waals surface area contributed by atoms with Crippen molar-refractivity contribution in [2.75, 3.05) is 0 Å². The smallest absolute Gasteiger partial charge is 0.267 e. The third-order valence-electron chi connectivity index (χ3n) is 5.08. The number of pyridine rings is 3. The minimum atomic E-state index is -0.185. The van der Waals surface area contributed by atoms with E-state index in [9.17, 15) is 4.79 Å². The molecule has 0 radical (unpaired) electrons. The summed E-state index contributed by atoms with van der Waals surface area (Å²) in [6.07, 6.45) is 13.1. The van der Waals surface area contributed by atoms with E-state index < -0.39 is 0 Å². The van der Waals surface area contributed by atoms with E-state index in [0.717, 1.165) is 22.4 Å². The molecule has 1 aromatic carbocycles. The molecule has 0 aliphatic rings. The van der Waals surface area contributed by atoms with Crippen molar-refractivity contribution in [2.45, 2.75) is 6.42 Å². The molecule has 4 heterocycles. The number of benzene rings is 1. The van der Waals surface area contributed by atoms with Gasteiger partial charge in [-0.15, -0.1) is 0 Å². The lowest BCUT2D eigenvalue weighted by atomic mass is 10.1. The van der Waals surface area contributed by atoms with Gasteiger partial charge in [0.1, 0.15) is 11.2 Å². The first-order valence-electron chi connectivity index (χ1n) is 10.2. The zero-order valence-corrected chi connectivity index (χ0v) is 17.2. The van der Waals surface area contributed by atoms with Crippen LogP contribution in [0, 0.1) is 0 Å². The predicted molar refractivity (Wildman–Crippen MR) is 125 cm³/mol. The van der Waals surface area contributed by atoms with Crippen molar-refractivity contribution in [1.82, 2.24) is 24.5 Å². The van der Waals surface area contributed by atoms with Crippen molar-refractivity contribution in [3.8, 4) is 5.69 Å². The summed E-state index contributed by atoms with van der Waals surface area (Å²) in [7, 11) is 0. The third kappa shape index (κ3) is 4.06. The molecular formula is C26H19N5O. The maximum atomic E-state index is 13.5. The van der Waals surface area contributed by atoms with Crippen molar-refractivity contribution in [3.05, 3.63) is 124 Å². The van der Waals surface area contributed by atoms with Crippen molar-refractivity contribution in [3.63, 3.8) is 0 Å². The molecule has 0 saturated carbocycles. The number of hydrogen-bond donors (Lipinski definition) is 0. The zero-order valence-electron chi connectivity index (χ0n) is 17.2. The molecule has 0 saturated heterocycles. The first-order valence-corrected chi connectivity index (χ1v) is 10.2. The SMILES string of the molecule is O=c1c(Cc2cccnc2)nc2cccnc2n1-c1cccc(C=Cc2ccncc2)c1. The van der Waals surface area contributed by atoms with Gasteiger partial charge >= 0.3 is 0 Å². The highest BCUT2D eigenvalue weighted by atomic mass is 16.1. The van der Waals surface area contributed by atoms with Crippen molar-refractivity contribution in [2.24, 2.45) is 0 Å². The molecule has 5 aromatic rings. The van der Waals surface area contributed by atoms with E-state index >= 15 is 0 Å². The zero-order chi connectivity index (χ0) is 21.8. The summed E-state index contributed by atoms with van der Waals surface area (Å²) in [4.78, 5) is 30.7. The van der Waals surface area contributed by atoms with Crippen LogP contribution in [0.5, 0.6) is 0 Å². The lowest BCUT2D eigenvalue weighted by molar-refractivity contribution is 0.924. The van der Waals surface area contributed by atoms with E-state index in [1.165, 1.54) is 0 Å². The minimum Gasteiger partial charge on any atom is -0.267 e. The largest absolute Gasteiger partial charge is 0.278 e. The van der Waals surface area contributed by atoms with Gasteiger partial charge in [0.25, 0.3) is 5.56 Å². The standard InChI is InChI=1S/C26H19N5O/c32-26-24(17-21-5-2-12-28-18-21)30-23-7-3-13-29-25(23)31(26)22-6-1-4-20(16-22)9-8-19-10-14-27-15-11-19/h1-16,18H,17H2. The van der Waals surface area contributed by atoms with Crippen molar-refractivity contribution >= 4 is 23.3 Å². The second-order valence-corrected chi connectivity index (χ2v) is 7.29. The molecule has 5 rings (SSSR count). The maximum absolute atomic E-state index is 13.5. The third-order valence-corrected chi connectivity index (χ3v) is 5.08. The number of rotatable bonds is 5. The van der Waals surface area contributed by atoms with Gasteiger partial charge in [-0.2, -0.15) is 0 Å². The van der Waals surface area contributed by atoms with Crippen LogP contribution in [0.15, 0.2) is 96.4 Å². The normalized spacial score (nSPS) is 11.2. The topological polar surface area (TPSA) is 73.6 Å². The summed E-state index contributed by atoms with van der Waals surface area (Å²) in [5.41, 5.74) is 5.17. The van der Waals surface area contributed by atoms with Crippen molar-refractivity contribution < 1.29 is 0 Å². The Balaban J connectivity index is 1.61. The molecule has 0 atom stereocenters. The molecule has 6 heteroatoms. The Morgan fingerprint density at radius 2 is 1.66 bits per heavy atom. The van der Waals surface area contributed by atoms with Crippen LogP contribution in [0.2, 0.25) is 0 Å². The van der Waals surface area contributed by atoms with Gasteiger partial charge in [0.05, 0.1) is 5.69 Å². The number of aromatic nitrogens is 5. The van der Waals surface area contributed by atoms with Crippen molar-refractivity contribution in [1.29, 1.82) is 0 Å². The molecule has 32 heavy (non-hydrogen) atoms. The molecule has 154 valence electrons. The molecule has 0 N–H and O–H groups in total. The van der Waals surface area contributed by atoms with Crippen LogP contribution >= 0.6 is 0 Å². The summed E-state index contributed by atoms with van der Waals surface area (Å²) in [6, 6.07) is 19.2. The van der Waals surface area contributed by atoms with Gasteiger partial charge in [-0.1, -0.05) is 30.4 Å². The van der Waals surface area contributed by atoms with Crippen LogP contribution in [-0.2, 0) is 6.42 Å². The van der Waals surface area contributed by atoms with Gasteiger partial charge in [-0.25, -0.2) is 9.97 Å². The molecular weight excluding hydrogens is 398 g/mol. The fraction of sp³-hybridized carbons (Fsp3) is 0.0385. The first-order chi connectivity index (χ1) is 15.8. The number of nitrogens with zero attached hydrogens (tertiary/aromatic N) is 5. The van der Waals surface area contributed by atoms with E-state index in [2.05, 4.69) is 19.9 Å². The Bertz CT molecular complexity index is 1460. The monoisotopic (exact) mass is 417 g/mol. The number of fused-ring (bicyclic) bond motifs is 1. The van der Waals surface area contributed by atoms with Gasteiger partial charge < -0.3 is 0 Å². The molecule has 0 spiro atoms. The van der Waals surface area contributed by atoms with E-state index in [1.54, 1.807) is 35.6 Å². The number of hydrogen-bond acceptors (Lipinski definition) is 5. The van der Waals surface area contributed by atoms with Crippen LogP contribution in [0.3, 0.4) is 0 Å². The van der Waals surface area contributed by atoms with Gasteiger partial charge in [-0.3, -0.25) is 19.3 Å². The molecule has 6 nitrogen and oxygen atoms in total. The van der Waals surface area contributed by atoms with Crippen LogP contribution in [0.4, 0.5) is 0 Å². The van der Waals surface area contributed by atoms with E-state index in [0.29, 0.717) is 23.3 Å². The molecule has 0 amide bonds. The second-order valence-electron chi connectivity index (χ2n) is 7.29. The predicted octanol–water partition coefficient (Wildman–Crippen LogP) is 4.33. The average molecular weight is 417 g/mol. The Morgan fingerprint density at radius 1 is 0.812 bits per heavy atom. The fourth-order valence-corrected chi connectivity index (χ4v) is 3.55. The Morgan fingerprint density at radius 3 is 2.50 bits per heavy atom. The van der Waals surface area contributed by atoms with Gasteiger partial charge in [-0.05, 0) is 59.2 Å². The summed E-state index contributed by atoms with van der Waals surface area (Å²) in [6.45, 7) is 0. The molecule has 0 unspecified atom stereocenters. The Hall–Kier alpha value is -4.45. The van der Waals surface area contributed by atoms with Crippen LogP contribution < -0.4 is 5.56 Å². The molecule has 0 aliphatic carbocycles. The molecule has 0 bridgehead atoms. The highest BCUT2D eigenvalue weighted by Gasteiger charge is 2.14. The summed E-state index contributed by atoms with van der Waals surface area (Å²) >= 11 is 0. The van der Waals surface area contributed by atoms with Gasteiger partial charge in [0.15, 0.2) is 5.65 Å². The van der Waals surface area contributed by atoms with Gasteiger partial charge in [0.2, 0.25) is 0 Å². The first kappa shape index (κ1) is 19.5. The summed E-state index contributed by atoms with van der Waals surface area (Å²) in [5.74, 6) is 0.